The molecule has 1 unspecified atom stereocenters. The summed E-state index contributed by atoms with van der Waals surface area (Å²) < 4.78 is 13.7. The molecule has 108 valence electrons. The number of halogens is 1. The summed E-state index contributed by atoms with van der Waals surface area (Å²) in [5.41, 5.74) is 0.131. The molecule has 0 aliphatic carbocycles. The normalized spacial score (nSPS) is 19.5. The Morgan fingerprint density at radius 2 is 2.00 bits per heavy atom. The van der Waals surface area contributed by atoms with Crippen molar-refractivity contribution < 1.29 is 14.0 Å². The van der Waals surface area contributed by atoms with E-state index < -0.39 is 11.7 Å². The number of hydrogen-bond donors (Lipinski definition) is 0. The SMILES string of the molecule is CC(C)(C)CC(=O)C1CCN(c2ccccc2F)C1=O. The molecule has 3 nitrogen and oxygen atoms in total. The van der Waals surface area contributed by atoms with Gasteiger partial charge < -0.3 is 4.90 Å². The lowest BCUT2D eigenvalue weighted by atomic mass is 9.85. The second-order valence-corrected chi connectivity index (χ2v) is 6.49. The summed E-state index contributed by atoms with van der Waals surface area (Å²) in [6.45, 7) is 6.32. The quantitative estimate of drug-likeness (QED) is 0.796. The van der Waals surface area contributed by atoms with E-state index in [-0.39, 0.29) is 22.8 Å². The van der Waals surface area contributed by atoms with Crippen molar-refractivity contribution in [1.29, 1.82) is 0 Å². The topological polar surface area (TPSA) is 37.4 Å². The van der Waals surface area contributed by atoms with Gasteiger partial charge in [0, 0.05) is 13.0 Å². The maximum absolute atomic E-state index is 13.7. The van der Waals surface area contributed by atoms with E-state index in [0.29, 0.717) is 19.4 Å². The Balaban J connectivity index is 2.14. The summed E-state index contributed by atoms with van der Waals surface area (Å²) in [5, 5.41) is 0. The monoisotopic (exact) mass is 277 g/mol. The molecule has 2 rings (SSSR count). The number of hydrogen-bond acceptors (Lipinski definition) is 2. The zero-order valence-electron chi connectivity index (χ0n) is 12.1. The number of amides is 1. The molecule has 0 spiro atoms. The molecule has 20 heavy (non-hydrogen) atoms. The average molecular weight is 277 g/mol. The van der Waals surface area contributed by atoms with E-state index in [1.165, 1.54) is 11.0 Å². The highest BCUT2D eigenvalue weighted by molar-refractivity contribution is 6.10. The molecular formula is C16H20FNO2. The van der Waals surface area contributed by atoms with E-state index in [9.17, 15) is 14.0 Å². The number of para-hydroxylation sites is 1. The highest BCUT2D eigenvalue weighted by atomic mass is 19.1. The van der Waals surface area contributed by atoms with Gasteiger partial charge in [-0.2, -0.15) is 0 Å². The fourth-order valence-corrected chi connectivity index (χ4v) is 2.53. The van der Waals surface area contributed by atoms with Gasteiger partial charge in [-0.15, -0.1) is 0 Å². The average Bonchev–Trinajstić information content (AvgIpc) is 2.69. The van der Waals surface area contributed by atoms with Crippen LogP contribution in [0.4, 0.5) is 10.1 Å². The number of nitrogens with zero attached hydrogens (tertiary/aromatic N) is 1. The van der Waals surface area contributed by atoms with Crippen LogP contribution in [-0.4, -0.2) is 18.2 Å². The van der Waals surface area contributed by atoms with Crippen molar-refractivity contribution in [1.82, 2.24) is 0 Å². The van der Waals surface area contributed by atoms with Crippen molar-refractivity contribution >= 4 is 17.4 Å². The number of ketones is 1. The third-order valence-corrected chi connectivity index (χ3v) is 3.44. The Morgan fingerprint density at radius 3 is 2.60 bits per heavy atom. The van der Waals surface area contributed by atoms with Crippen molar-refractivity contribution in [2.75, 3.05) is 11.4 Å². The third kappa shape index (κ3) is 3.06. The number of carbonyl (C=O) groups excluding carboxylic acids is 2. The van der Waals surface area contributed by atoms with Crippen molar-refractivity contribution in [2.24, 2.45) is 11.3 Å². The fraction of sp³-hybridized carbons (Fsp3) is 0.500. The summed E-state index contributed by atoms with van der Waals surface area (Å²) in [6.07, 6.45) is 0.844. The minimum Gasteiger partial charge on any atom is -0.309 e. The highest BCUT2D eigenvalue weighted by Gasteiger charge is 2.39. The van der Waals surface area contributed by atoms with Gasteiger partial charge in [-0.3, -0.25) is 9.59 Å². The predicted octanol–water partition coefficient (Wildman–Crippen LogP) is 3.18. The molecule has 0 saturated carbocycles. The van der Waals surface area contributed by atoms with E-state index in [2.05, 4.69) is 0 Å². The Kier molecular flexibility index (Phi) is 3.93. The van der Waals surface area contributed by atoms with Gasteiger partial charge in [0.25, 0.3) is 0 Å². The lowest BCUT2D eigenvalue weighted by molar-refractivity contribution is -0.131. The molecule has 1 saturated heterocycles. The summed E-state index contributed by atoms with van der Waals surface area (Å²) >= 11 is 0. The first-order valence-electron chi connectivity index (χ1n) is 6.88. The van der Waals surface area contributed by atoms with Crippen LogP contribution in [0.15, 0.2) is 24.3 Å². The molecular weight excluding hydrogens is 257 g/mol. The summed E-state index contributed by atoms with van der Waals surface area (Å²) in [7, 11) is 0. The lowest BCUT2D eigenvalue weighted by Gasteiger charge is -2.20. The largest absolute Gasteiger partial charge is 0.309 e. The Bertz CT molecular complexity index is 534. The van der Waals surface area contributed by atoms with Gasteiger partial charge in [-0.1, -0.05) is 32.9 Å². The summed E-state index contributed by atoms with van der Waals surface area (Å²) in [5.74, 6) is -1.36. The van der Waals surface area contributed by atoms with Crippen LogP contribution in [0, 0.1) is 17.2 Å². The van der Waals surface area contributed by atoms with Crippen LogP contribution in [0.3, 0.4) is 0 Å². The van der Waals surface area contributed by atoms with Gasteiger partial charge in [-0.25, -0.2) is 4.39 Å². The molecule has 1 heterocycles. The fourth-order valence-electron chi connectivity index (χ4n) is 2.53. The van der Waals surface area contributed by atoms with Crippen LogP contribution < -0.4 is 4.90 Å². The maximum Gasteiger partial charge on any atom is 0.237 e. The van der Waals surface area contributed by atoms with Crippen LogP contribution in [0.25, 0.3) is 0 Å². The zero-order valence-corrected chi connectivity index (χ0v) is 12.1. The van der Waals surface area contributed by atoms with Gasteiger partial charge in [-0.05, 0) is 24.0 Å². The molecule has 0 N–H and O–H groups in total. The van der Waals surface area contributed by atoms with Gasteiger partial charge >= 0.3 is 0 Å². The second-order valence-electron chi connectivity index (χ2n) is 6.49. The van der Waals surface area contributed by atoms with Crippen LogP contribution in [-0.2, 0) is 9.59 Å². The molecule has 1 aliphatic rings. The number of carbonyl (C=O) groups is 2. The smallest absolute Gasteiger partial charge is 0.237 e. The second kappa shape index (κ2) is 5.35. The van der Waals surface area contributed by atoms with E-state index in [1.54, 1.807) is 18.2 Å². The van der Waals surface area contributed by atoms with E-state index >= 15 is 0 Å². The molecule has 1 aromatic carbocycles. The number of benzene rings is 1. The number of Topliss-reactive ketones (excluding diaryl/α,β-unsaturated/α-hetero) is 1. The zero-order chi connectivity index (χ0) is 14.9. The van der Waals surface area contributed by atoms with Crippen LogP contribution in [0.1, 0.15) is 33.6 Å². The van der Waals surface area contributed by atoms with Gasteiger partial charge in [0.05, 0.1) is 11.6 Å². The highest BCUT2D eigenvalue weighted by Crippen LogP contribution is 2.30. The summed E-state index contributed by atoms with van der Waals surface area (Å²) in [6, 6.07) is 6.17. The van der Waals surface area contributed by atoms with Gasteiger partial charge in [0.1, 0.15) is 11.6 Å². The number of rotatable bonds is 3. The standard InChI is InChI=1S/C16H20FNO2/c1-16(2,3)10-14(19)11-8-9-18(15(11)20)13-7-5-4-6-12(13)17/h4-7,11H,8-10H2,1-3H3. The first kappa shape index (κ1) is 14.7. The lowest BCUT2D eigenvalue weighted by Crippen LogP contribution is -2.32. The predicted molar refractivity (Wildman–Crippen MR) is 75.9 cm³/mol. The molecule has 1 fully saturated rings. The molecule has 0 bridgehead atoms. The molecule has 4 heteroatoms. The minimum atomic E-state index is -0.617. The summed E-state index contributed by atoms with van der Waals surface area (Å²) in [4.78, 5) is 25.9. The van der Waals surface area contributed by atoms with Crippen molar-refractivity contribution in [3.05, 3.63) is 30.1 Å². The van der Waals surface area contributed by atoms with Crippen molar-refractivity contribution in [3.63, 3.8) is 0 Å². The third-order valence-electron chi connectivity index (χ3n) is 3.44. The Morgan fingerprint density at radius 1 is 1.35 bits per heavy atom. The van der Waals surface area contributed by atoms with E-state index in [4.69, 9.17) is 0 Å². The van der Waals surface area contributed by atoms with Crippen molar-refractivity contribution in [2.45, 2.75) is 33.6 Å². The van der Waals surface area contributed by atoms with Gasteiger partial charge in [0.15, 0.2) is 0 Å². The van der Waals surface area contributed by atoms with Crippen LogP contribution in [0.5, 0.6) is 0 Å². The molecule has 1 atom stereocenters. The molecule has 1 aromatic rings. The van der Waals surface area contributed by atoms with E-state index in [1.807, 2.05) is 20.8 Å². The van der Waals surface area contributed by atoms with Crippen LogP contribution in [0.2, 0.25) is 0 Å². The molecule has 0 aromatic heterocycles. The number of anilines is 1. The molecule has 1 aliphatic heterocycles. The Hall–Kier alpha value is -1.71. The van der Waals surface area contributed by atoms with Crippen LogP contribution >= 0.6 is 0 Å². The molecule has 1 amide bonds. The first-order valence-corrected chi connectivity index (χ1v) is 6.88. The first-order chi connectivity index (χ1) is 9.29. The van der Waals surface area contributed by atoms with E-state index in [0.717, 1.165) is 0 Å². The maximum atomic E-state index is 13.7. The molecule has 0 radical (unpaired) electrons. The minimum absolute atomic E-state index is 0.0404. The van der Waals surface area contributed by atoms with Gasteiger partial charge in [0.2, 0.25) is 5.91 Å². The van der Waals surface area contributed by atoms with Crippen molar-refractivity contribution in [3.8, 4) is 0 Å². The Labute approximate surface area is 118 Å².